The lowest BCUT2D eigenvalue weighted by molar-refractivity contribution is 0.102. The number of nitrogens with zero attached hydrogens (tertiary/aromatic N) is 2. The van der Waals surface area contributed by atoms with Gasteiger partial charge in [0.1, 0.15) is 0 Å². The van der Waals surface area contributed by atoms with E-state index in [2.05, 4.69) is 20.5 Å². The summed E-state index contributed by atoms with van der Waals surface area (Å²) in [6.07, 6.45) is 3.44. The molecular formula is C17H12N4O. The van der Waals surface area contributed by atoms with Gasteiger partial charge in [-0.3, -0.25) is 14.9 Å². The van der Waals surface area contributed by atoms with Gasteiger partial charge in [-0.1, -0.05) is 18.2 Å². The van der Waals surface area contributed by atoms with Gasteiger partial charge in [0.2, 0.25) is 0 Å². The molecule has 106 valence electrons. The lowest BCUT2D eigenvalue weighted by Gasteiger charge is -2.08. The van der Waals surface area contributed by atoms with E-state index in [-0.39, 0.29) is 5.91 Å². The Labute approximate surface area is 126 Å². The van der Waals surface area contributed by atoms with E-state index >= 15 is 0 Å². The molecule has 0 radical (unpaired) electrons. The van der Waals surface area contributed by atoms with Crippen LogP contribution in [0.25, 0.3) is 21.8 Å². The summed E-state index contributed by atoms with van der Waals surface area (Å²) in [6.45, 7) is 0. The molecule has 2 aromatic carbocycles. The molecule has 0 unspecified atom stereocenters. The van der Waals surface area contributed by atoms with Crippen LogP contribution in [0.5, 0.6) is 0 Å². The van der Waals surface area contributed by atoms with Crippen molar-refractivity contribution >= 4 is 33.4 Å². The first-order valence-electron chi connectivity index (χ1n) is 6.90. The topological polar surface area (TPSA) is 70.7 Å². The number of nitrogens with one attached hydrogen (secondary N) is 2. The van der Waals surface area contributed by atoms with E-state index in [0.29, 0.717) is 5.56 Å². The van der Waals surface area contributed by atoms with E-state index < -0.39 is 0 Å². The van der Waals surface area contributed by atoms with Crippen molar-refractivity contribution in [3.63, 3.8) is 0 Å². The Morgan fingerprint density at radius 2 is 1.95 bits per heavy atom. The summed E-state index contributed by atoms with van der Waals surface area (Å²) >= 11 is 0. The molecule has 0 saturated heterocycles. The molecule has 2 heterocycles. The number of aromatic amines is 1. The highest BCUT2D eigenvalue weighted by Crippen LogP contribution is 2.23. The lowest BCUT2D eigenvalue weighted by Crippen LogP contribution is -2.12. The van der Waals surface area contributed by atoms with Crippen LogP contribution in [-0.2, 0) is 0 Å². The number of H-pyrrole nitrogens is 1. The Bertz CT molecular complexity index is 985. The van der Waals surface area contributed by atoms with Crippen molar-refractivity contribution in [2.45, 2.75) is 0 Å². The minimum Gasteiger partial charge on any atom is -0.321 e. The molecule has 0 spiro atoms. The third-order valence-electron chi connectivity index (χ3n) is 3.62. The predicted octanol–water partition coefficient (Wildman–Crippen LogP) is 3.36. The molecule has 5 heteroatoms. The van der Waals surface area contributed by atoms with Gasteiger partial charge in [0.05, 0.1) is 28.5 Å². The zero-order valence-corrected chi connectivity index (χ0v) is 11.6. The van der Waals surface area contributed by atoms with Crippen LogP contribution in [0.4, 0.5) is 5.69 Å². The van der Waals surface area contributed by atoms with Crippen LogP contribution in [-0.4, -0.2) is 21.1 Å². The molecule has 5 nitrogen and oxygen atoms in total. The predicted molar refractivity (Wildman–Crippen MR) is 85.8 cm³/mol. The number of para-hydroxylation sites is 1. The number of amides is 1. The van der Waals surface area contributed by atoms with Crippen molar-refractivity contribution in [3.05, 3.63) is 66.5 Å². The van der Waals surface area contributed by atoms with Crippen LogP contribution in [0, 0.1) is 0 Å². The van der Waals surface area contributed by atoms with E-state index in [4.69, 9.17) is 0 Å². The van der Waals surface area contributed by atoms with E-state index in [0.717, 1.165) is 27.5 Å². The number of anilines is 1. The molecule has 0 aliphatic carbocycles. The van der Waals surface area contributed by atoms with E-state index in [1.165, 1.54) is 0 Å². The van der Waals surface area contributed by atoms with Gasteiger partial charge in [-0.2, -0.15) is 5.10 Å². The van der Waals surface area contributed by atoms with Gasteiger partial charge in [-0.25, -0.2) is 0 Å². The van der Waals surface area contributed by atoms with Crippen molar-refractivity contribution in [2.75, 3.05) is 5.32 Å². The standard InChI is InChI=1S/C17H12N4O/c22-17(13-5-1-4-11-10-19-21-16(11)13)20-15-8-2-7-14-12(15)6-3-9-18-14/h1-10H,(H,19,21)(H,20,22). The molecular weight excluding hydrogens is 276 g/mol. The van der Waals surface area contributed by atoms with Gasteiger partial charge < -0.3 is 5.32 Å². The van der Waals surface area contributed by atoms with Crippen LogP contribution < -0.4 is 5.32 Å². The lowest BCUT2D eigenvalue weighted by atomic mass is 10.1. The number of rotatable bonds is 2. The first-order valence-corrected chi connectivity index (χ1v) is 6.90. The SMILES string of the molecule is O=C(Nc1cccc2ncccc12)c1cccc2cn[nH]c12. The number of fused-ring (bicyclic) bond motifs is 2. The summed E-state index contributed by atoms with van der Waals surface area (Å²) in [6, 6.07) is 15.0. The summed E-state index contributed by atoms with van der Waals surface area (Å²) in [5.74, 6) is -0.175. The minimum absolute atomic E-state index is 0.175. The number of hydrogen-bond donors (Lipinski definition) is 2. The zero-order chi connectivity index (χ0) is 14.9. The van der Waals surface area contributed by atoms with E-state index in [1.54, 1.807) is 18.5 Å². The average molecular weight is 288 g/mol. The summed E-state index contributed by atoms with van der Waals surface area (Å²) < 4.78 is 0. The molecule has 4 rings (SSSR count). The van der Waals surface area contributed by atoms with E-state index in [1.807, 2.05) is 42.5 Å². The Balaban J connectivity index is 1.76. The number of pyridine rings is 1. The second-order valence-corrected chi connectivity index (χ2v) is 4.97. The fourth-order valence-electron chi connectivity index (χ4n) is 2.56. The molecule has 0 aliphatic rings. The highest BCUT2D eigenvalue weighted by Gasteiger charge is 2.12. The monoisotopic (exact) mass is 288 g/mol. The van der Waals surface area contributed by atoms with Gasteiger partial charge in [0.25, 0.3) is 5.91 Å². The Morgan fingerprint density at radius 3 is 2.91 bits per heavy atom. The van der Waals surface area contributed by atoms with Crippen molar-refractivity contribution in [1.29, 1.82) is 0 Å². The number of carbonyl (C=O) groups is 1. The molecule has 2 aromatic heterocycles. The fourth-order valence-corrected chi connectivity index (χ4v) is 2.56. The highest BCUT2D eigenvalue weighted by molar-refractivity contribution is 6.14. The van der Waals surface area contributed by atoms with Gasteiger partial charge in [0, 0.05) is 17.0 Å². The molecule has 2 N–H and O–H groups in total. The molecule has 0 bridgehead atoms. The number of benzene rings is 2. The first kappa shape index (κ1) is 12.5. The Kier molecular flexibility index (Phi) is 2.83. The molecule has 0 aliphatic heterocycles. The maximum Gasteiger partial charge on any atom is 0.257 e. The average Bonchev–Trinajstić information content (AvgIpc) is 3.03. The molecule has 22 heavy (non-hydrogen) atoms. The molecule has 0 saturated carbocycles. The summed E-state index contributed by atoms with van der Waals surface area (Å²) in [5.41, 5.74) is 2.89. The first-order chi connectivity index (χ1) is 10.8. The largest absolute Gasteiger partial charge is 0.321 e. The second kappa shape index (κ2) is 4.96. The van der Waals surface area contributed by atoms with Crippen LogP contribution in [0.1, 0.15) is 10.4 Å². The normalized spacial score (nSPS) is 10.9. The smallest absolute Gasteiger partial charge is 0.257 e. The zero-order valence-electron chi connectivity index (χ0n) is 11.6. The quantitative estimate of drug-likeness (QED) is 0.594. The number of aromatic nitrogens is 3. The molecule has 0 atom stereocenters. The summed E-state index contributed by atoms with van der Waals surface area (Å²) in [7, 11) is 0. The fraction of sp³-hybridized carbons (Fsp3) is 0. The summed E-state index contributed by atoms with van der Waals surface area (Å²) in [5, 5.41) is 11.6. The van der Waals surface area contributed by atoms with Gasteiger partial charge in [-0.05, 0) is 30.3 Å². The van der Waals surface area contributed by atoms with E-state index in [9.17, 15) is 4.79 Å². The van der Waals surface area contributed by atoms with Crippen molar-refractivity contribution < 1.29 is 4.79 Å². The van der Waals surface area contributed by atoms with Crippen molar-refractivity contribution in [3.8, 4) is 0 Å². The minimum atomic E-state index is -0.175. The van der Waals surface area contributed by atoms with Gasteiger partial charge >= 0.3 is 0 Å². The van der Waals surface area contributed by atoms with Crippen LogP contribution in [0.3, 0.4) is 0 Å². The van der Waals surface area contributed by atoms with Crippen LogP contribution in [0.15, 0.2) is 60.9 Å². The maximum absolute atomic E-state index is 12.6. The number of hydrogen-bond acceptors (Lipinski definition) is 3. The highest BCUT2D eigenvalue weighted by atomic mass is 16.1. The molecule has 0 fully saturated rings. The van der Waals surface area contributed by atoms with Crippen LogP contribution in [0.2, 0.25) is 0 Å². The summed E-state index contributed by atoms with van der Waals surface area (Å²) in [4.78, 5) is 16.9. The maximum atomic E-state index is 12.6. The van der Waals surface area contributed by atoms with Crippen molar-refractivity contribution in [1.82, 2.24) is 15.2 Å². The van der Waals surface area contributed by atoms with Crippen molar-refractivity contribution in [2.24, 2.45) is 0 Å². The van der Waals surface area contributed by atoms with Crippen LogP contribution >= 0.6 is 0 Å². The third kappa shape index (κ3) is 2.00. The number of carbonyl (C=O) groups excluding carboxylic acids is 1. The molecule has 1 amide bonds. The Morgan fingerprint density at radius 1 is 1.05 bits per heavy atom. The molecule has 4 aromatic rings. The second-order valence-electron chi connectivity index (χ2n) is 4.97. The van der Waals surface area contributed by atoms with Gasteiger partial charge in [0.15, 0.2) is 0 Å². The van der Waals surface area contributed by atoms with Gasteiger partial charge in [-0.15, -0.1) is 0 Å². The third-order valence-corrected chi connectivity index (χ3v) is 3.62. The Hall–Kier alpha value is -3.21.